The zero-order valence-corrected chi connectivity index (χ0v) is 40.8. The number of nitrogens with zero attached hydrogens (tertiary/aromatic N) is 1. The van der Waals surface area contributed by atoms with Crippen molar-refractivity contribution < 1.29 is 89.4 Å². The van der Waals surface area contributed by atoms with Crippen molar-refractivity contribution in [3.8, 4) is 0 Å². The van der Waals surface area contributed by atoms with Crippen LogP contribution in [0.2, 0.25) is 0 Å². The molecule has 15 nitrogen and oxygen atoms in total. The monoisotopic (exact) mass is 1100 g/mol. The maximum absolute atomic E-state index is 13.3. The van der Waals surface area contributed by atoms with E-state index in [1.165, 1.54) is 45.8 Å². The number of carboxylic acid groups (broad SMARTS) is 2. The molecular weight excluding hydrogens is 1060 g/mol. The van der Waals surface area contributed by atoms with Crippen LogP contribution < -0.4 is 14.8 Å². The SMILES string of the molecule is CC(C)(C)S(=O)(=O)Nc1ccc(C(F)(F)F)cc1C(=O)NC1CC2CCC(C1)N2S(C)(=O)=O.CC(C)(C)S(=O)(=O)Nc1ccc(C(F)(F)F)cc1C(=O)O.O=C(O)c1cc(C(F)(F)F)ccc1Br. The van der Waals surface area contributed by atoms with Crippen LogP contribution in [0.25, 0.3) is 0 Å². The number of piperidine rings is 1. The van der Waals surface area contributed by atoms with Gasteiger partial charge in [0.1, 0.15) is 0 Å². The van der Waals surface area contributed by atoms with Crippen molar-refractivity contribution in [2.45, 2.75) is 113 Å². The Hall–Kier alpha value is -4.67. The van der Waals surface area contributed by atoms with Gasteiger partial charge in [-0.1, -0.05) is 0 Å². The number of carboxylic acids is 2. The summed E-state index contributed by atoms with van der Waals surface area (Å²) in [5, 5.41) is 20.2. The molecule has 2 aliphatic heterocycles. The van der Waals surface area contributed by atoms with Gasteiger partial charge < -0.3 is 15.5 Å². The Balaban J connectivity index is 0.000000299. The number of rotatable bonds is 9. The summed E-state index contributed by atoms with van der Waals surface area (Å²) in [6, 6.07) is 5.50. The number of fused-ring (bicyclic) bond motifs is 2. The molecule has 2 saturated heterocycles. The highest BCUT2D eigenvalue weighted by Crippen LogP contribution is 2.39. The molecule has 5 rings (SSSR count). The molecule has 2 aliphatic rings. The molecule has 0 radical (unpaired) electrons. The van der Waals surface area contributed by atoms with E-state index in [9.17, 15) is 79.2 Å². The fraction of sp³-hybridized carbons (Fsp3) is 0.475. The molecule has 0 saturated carbocycles. The topological polar surface area (TPSA) is 233 Å². The molecule has 3 aromatic rings. The summed E-state index contributed by atoms with van der Waals surface area (Å²) in [5.74, 6) is -3.92. The molecule has 5 N–H and O–H groups in total. The third-order valence-corrected chi connectivity index (χ3v) is 16.4. The lowest BCUT2D eigenvalue weighted by Crippen LogP contribution is -2.52. The number of aromatic carboxylic acids is 2. The molecule has 2 heterocycles. The van der Waals surface area contributed by atoms with Gasteiger partial charge in [0.05, 0.1) is 60.5 Å². The first-order valence-corrected chi connectivity index (χ1v) is 25.2. The van der Waals surface area contributed by atoms with Gasteiger partial charge in [0.25, 0.3) is 5.91 Å². The third kappa shape index (κ3) is 14.7. The van der Waals surface area contributed by atoms with Crippen LogP contribution in [0.4, 0.5) is 50.9 Å². The van der Waals surface area contributed by atoms with Crippen LogP contribution >= 0.6 is 15.9 Å². The van der Waals surface area contributed by atoms with Gasteiger partial charge in [0, 0.05) is 22.6 Å². The molecule has 0 spiro atoms. The molecule has 3 aromatic carbocycles. The number of sulfonamides is 3. The van der Waals surface area contributed by atoms with Gasteiger partial charge in [-0.3, -0.25) is 14.2 Å². The Morgan fingerprint density at radius 1 is 0.588 bits per heavy atom. The second kappa shape index (κ2) is 20.4. The number of anilines is 2. The molecule has 0 aromatic heterocycles. The van der Waals surface area contributed by atoms with Crippen molar-refractivity contribution in [3.05, 3.63) is 92.5 Å². The molecule has 1 amide bonds. The van der Waals surface area contributed by atoms with E-state index in [-0.39, 0.29) is 22.2 Å². The van der Waals surface area contributed by atoms with Crippen LogP contribution in [0, 0.1) is 0 Å². The minimum Gasteiger partial charge on any atom is -0.478 e. The molecule has 2 atom stereocenters. The average molecular weight is 1110 g/mol. The quantitative estimate of drug-likeness (QED) is 0.127. The summed E-state index contributed by atoms with van der Waals surface area (Å²) in [4.78, 5) is 34.6. The van der Waals surface area contributed by atoms with Gasteiger partial charge in [-0.2, -0.15) is 43.8 Å². The van der Waals surface area contributed by atoms with E-state index in [2.05, 4.69) is 26.0 Å². The van der Waals surface area contributed by atoms with E-state index in [0.29, 0.717) is 56.0 Å². The Labute approximate surface area is 394 Å². The van der Waals surface area contributed by atoms with Gasteiger partial charge in [-0.25, -0.2) is 34.8 Å². The lowest BCUT2D eigenvalue weighted by molar-refractivity contribution is -0.138. The van der Waals surface area contributed by atoms with E-state index in [1.54, 1.807) is 0 Å². The minimum absolute atomic E-state index is 0.123. The van der Waals surface area contributed by atoms with Gasteiger partial charge in [0.2, 0.25) is 30.1 Å². The third-order valence-electron chi connectivity index (χ3n) is 10.2. The number of hydrogen-bond donors (Lipinski definition) is 5. The maximum Gasteiger partial charge on any atom is 0.416 e. The fourth-order valence-electron chi connectivity index (χ4n) is 6.50. The van der Waals surface area contributed by atoms with Crippen LogP contribution in [0.1, 0.15) is 115 Å². The zero-order valence-electron chi connectivity index (χ0n) is 36.8. The van der Waals surface area contributed by atoms with Crippen LogP contribution in [0.5, 0.6) is 0 Å². The van der Waals surface area contributed by atoms with Crippen LogP contribution in [0.15, 0.2) is 59.1 Å². The summed E-state index contributed by atoms with van der Waals surface area (Å²) in [7, 11) is -11.4. The van der Waals surface area contributed by atoms with Crippen molar-refractivity contribution in [1.82, 2.24) is 9.62 Å². The number of carbonyl (C=O) groups is 3. The Morgan fingerprint density at radius 2 is 0.926 bits per heavy atom. The maximum atomic E-state index is 13.3. The van der Waals surface area contributed by atoms with Crippen LogP contribution in [-0.2, 0) is 48.6 Å². The van der Waals surface area contributed by atoms with Crippen molar-refractivity contribution in [1.29, 1.82) is 0 Å². The second-order valence-electron chi connectivity index (χ2n) is 17.4. The smallest absolute Gasteiger partial charge is 0.416 e. The van der Waals surface area contributed by atoms with E-state index in [4.69, 9.17) is 10.2 Å². The highest BCUT2D eigenvalue weighted by atomic mass is 79.9. The standard InChI is InChI=1S/C20H28F3N3O5S2.C12H14F3NO4S.C8H4BrF3O2/c1-19(2,3)33(30,31)25-17-8-5-12(20(21,22)23)9-16(17)18(27)24-13-10-14-6-7-15(11-13)26(14)32(4,28)29;1-11(2,3)21(19,20)16-9-5-4-7(12(13,14)15)6-8(9)10(17)18;9-6-2-1-4(8(10,11)12)3-5(6)7(13)14/h5,8-9,13-15,25H,6-7,10-11H2,1-4H3,(H,24,27);4-6,16H,1-3H3,(H,17,18);1-3H,(H,13,14). The van der Waals surface area contributed by atoms with E-state index in [1.807, 2.05) is 4.72 Å². The van der Waals surface area contributed by atoms with Gasteiger partial charge in [0.15, 0.2) is 0 Å². The largest absolute Gasteiger partial charge is 0.478 e. The normalized spacial score (nSPS) is 18.3. The van der Waals surface area contributed by atoms with Crippen molar-refractivity contribution in [3.63, 3.8) is 0 Å². The first kappa shape index (κ1) is 57.6. The lowest BCUT2D eigenvalue weighted by Gasteiger charge is -2.37. The number of benzene rings is 3. The van der Waals surface area contributed by atoms with E-state index in [0.717, 1.165) is 30.5 Å². The molecule has 0 aliphatic carbocycles. The van der Waals surface area contributed by atoms with E-state index < -0.39 is 121 Å². The summed E-state index contributed by atoms with van der Waals surface area (Å²) < 4.78 is 190. The highest BCUT2D eigenvalue weighted by Gasteiger charge is 2.46. The number of hydrogen-bond acceptors (Lipinski definition) is 9. The Bertz CT molecular complexity index is 2730. The minimum atomic E-state index is -4.73. The Kier molecular flexibility index (Phi) is 17.3. The molecule has 2 fully saturated rings. The first-order valence-electron chi connectivity index (χ1n) is 19.6. The van der Waals surface area contributed by atoms with Crippen LogP contribution in [-0.4, -0.2) is 91.5 Å². The zero-order chi connectivity index (χ0) is 52.6. The number of halogens is 10. The molecule has 68 heavy (non-hydrogen) atoms. The predicted molar refractivity (Wildman–Crippen MR) is 235 cm³/mol. The number of carbonyl (C=O) groups excluding carboxylic acids is 1. The Morgan fingerprint density at radius 3 is 1.26 bits per heavy atom. The number of nitrogens with one attached hydrogen (secondary N) is 3. The summed E-state index contributed by atoms with van der Waals surface area (Å²) >= 11 is 2.85. The molecule has 28 heteroatoms. The average Bonchev–Trinajstić information content (AvgIpc) is 3.44. The summed E-state index contributed by atoms with van der Waals surface area (Å²) in [5.41, 5.74) is -5.51. The van der Waals surface area contributed by atoms with Crippen molar-refractivity contribution >= 4 is 75.2 Å². The molecule has 2 bridgehead atoms. The van der Waals surface area contributed by atoms with Gasteiger partial charge >= 0.3 is 30.5 Å². The summed E-state index contributed by atoms with van der Waals surface area (Å²) in [6.07, 6.45) is -10.9. The predicted octanol–water partition coefficient (Wildman–Crippen LogP) is 9.04. The molecule has 2 unspecified atom stereocenters. The highest BCUT2D eigenvalue weighted by molar-refractivity contribution is 9.10. The van der Waals surface area contributed by atoms with Crippen LogP contribution in [0.3, 0.4) is 0 Å². The number of amides is 1. The van der Waals surface area contributed by atoms with Gasteiger partial charge in [-0.05, 0) is 138 Å². The van der Waals surface area contributed by atoms with E-state index >= 15 is 0 Å². The second-order valence-corrected chi connectivity index (χ2v) is 25.0. The first-order chi connectivity index (χ1) is 30.5. The van der Waals surface area contributed by atoms with Crippen molar-refractivity contribution in [2.24, 2.45) is 0 Å². The fourth-order valence-corrected chi connectivity index (χ4v) is 9.93. The summed E-state index contributed by atoms with van der Waals surface area (Å²) in [6.45, 7) is 8.39. The van der Waals surface area contributed by atoms with Crippen molar-refractivity contribution in [2.75, 3.05) is 15.7 Å². The lowest BCUT2D eigenvalue weighted by atomic mass is 9.99. The molecule has 380 valence electrons. The van der Waals surface area contributed by atoms with Gasteiger partial charge in [-0.15, -0.1) is 0 Å². The molecular formula is C40H46BrF9N4O11S3. The number of alkyl halides is 9.